The second kappa shape index (κ2) is 5.35. The van der Waals surface area contributed by atoms with Gasteiger partial charge in [-0.1, -0.05) is 0 Å². The summed E-state index contributed by atoms with van der Waals surface area (Å²) >= 11 is 5.26. The van der Waals surface area contributed by atoms with Crippen LogP contribution in [-0.2, 0) is 0 Å². The molecule has 5 nitrogen and oxygen atoms in total. The van der Waals surface area contributed by atoms with E-state index in [4.69, 9.17) is 22.4 Å². The quantitative estimate of drug-likeness (QED) is 0.361. The van der Waals surface area contributed by atoms with Crippen molar-refractivity contribution < 1.29 is 10.0 Å². The van der Waals surface area contributed by atoms with Crippen molar-refractivity contribution in [3.8, 4) is 0 Å². The summed E-state index contributed by atoms with van der Waals surface area (Å²) in [5.74, 6) is 0. The summed E-state index contributed by atoms with van der Waals surface area (Å²) in [6.45, 7) is 0.0779. The standard InChI is InChI=1S/C8H10AsClN2O3/c10-6-4-7(11)8(12(14)15)3-5(6)9-1-2-13/h3-4,9,13H,1-2,11H2. The van der Waals surface area contributed by atoms with Crippen molar-refractivity contribution in [2.45, 2.75) is 5.21 Å². The number of nitrogen functional groups attached to an aromatic ring is 1. The number of rotatable bonds is 4. The number of nitro benzene ring substituents is 1. The number of benzene rings is 1. The molecule has 0 heterocycles. The van der Waals surface area contributed by atoms with Gasteiger partial charge >= 0.3 is 97.9 Å². The Hall–Kier alpha value is -0.772. The topological polar surface area (TPSA) is 89.4 Å². The zero-order valence-corrected chi connectivity index (χ0v) is 10.6. The van der Waals surface area contributed by atoms with Crippen molar-refractivity contribution in [1.29, 1.82) is 0 Å². The Balaban J connectivity index is 3.06. The summed E-state index contributed by atoms with van der Waals surface area (Å²) in [4.78, 5) is 10.1. The second-order valence-electron chi connectivity index (χ2n) is 2.80. The Bertz CT molecular complexity index is 386. The normalized spacial score (nSPS) is 11.1. The van der Waals surface area contributed by atoms with E-state index in [0.29, 0.717) is 10.2 Å². The van der Waals surface area contributed by atoms with Gasteiger partial charge in [0.1, 0.15) is 0 Å². The summed E-state index contributed by atoms with van der Waals surface area (Å²) in [5.41, 5.74) is 5.42. The summed E-state index contributed by atoms with van der Waals surface area (Å²) in [6.07, 6.45) is 0. The van der Waals surface area contributed by atoms with Gasteiger partial charge in [-0.25, -0.2) is 0 Å². The fourth-order valence-electron chi connectivity index (χ4n) is 1.06. The summed E-state index contributed by atoms with van der Waals surface area (Å²) in [5, 5.41) is 20.4. The Morgan fingerprint density at radius 2 is 2.27 bits per heavy atom. The van der Waals surface area contributed by atoms with Gasteiger partial charge in [-0.15, -0.1) is 0 Å². The third-order valence-electron chi connectivity index (χ3n) is 1.74. The SMILES string of the molecule is Nc1cc(Cl)c([AsH]CCO)cc1[N+](=O)[O-]. The Labute approximate surface area is 98.1 Å². The van der Waals surface area contributed by atoms with Crippen LogP contribution in [0.15, 0.2) is 12.1 Å². The molecular weight excluding hydrogens is 282 g/mol. The van der Waals surface area contributed by atoms with Crippen LogP contribution in [0, 0.1) is 10.1 Å². The van der Waals surface area contributed by atoms with Gasteiger partial charge in [-0.05, 0) is 0 Å². The molecule has 1 rings (SSSR count). The van der Waals surface area contributed by atoms with Crippen LogP contribution in [0.4, 0.5) is 11.4 Å². The van der Waals surface area contributed by atoms with E-state index in [-0.39, 0.29) is 18.0 Å². The number of aliphatic hydroxyl groups excluding tert-OH is 1. The van der Waals surface area contributed by atoms with Gasteiger partial charge in [0.2, 0.25) is 0 Å². The van der Waals surface area contributed by atoms with Gasteiger partial charge in [-0.2, -0.15) is 0 Å². The van der Waals surface area contributed by atoms with Crippen LogP contribution >= 0.6 is 11.6 Å². The van der Waals surface area contributed by atoms with Gasteiger partial charge in [0.15, 0.2) is 0 Å². The molecule has 0 aromatic heterocycles. The summed E-state index contributed by atoms with van der Waals surface area (Å²) in [7, 11) is 0. The third-order valence-corrected chi connectivity index (χ3v) is 5.05. The molecule has 1 atom stereocenters. The summed E-state index contributed by atoms with van der Waals surface area (Å²) < 4.78 is 0.756. The molecule has 0 amide bonds. The molecular formula is C8H10AsClN2O3. The molecule has 15 heavy (non-hydrogen) atoms. The Morgan fingerprint density at radius 3 is 2.80 bits per heavy atom. The first-order valence-electron chi connectivity index (χ1n) is 4.14. The average Bonchev–Trinajstić information content (AvgIpc) is 2.16. The minimum absolute atomic E-state index is 0.0735. The second-order valence-corrected chi connectivity index (χ2v) is 6.13. The van der Waals surface area contributed by atoms with Crippen LogP contribution in [0.1, 0.15) is 0 Å². The van der Waals surface area contributed by atoms with E-state index in [9.17, 15) is 10.1 Å². The number of hydrogen-bond acceptors (Lipinski definition) is 4. The first-order chi connectivity index (χ1) is 7.06. The van der Waals surface area contributed by atoms with Crippen molar-refractivity contribution in [1.82, 2.24) is 0 Å². The fourth-order valence-corrected chi connectivity index (χ4v) is 3.39. The zero-order valence-electron chi connectivity index (χ0n) is 7.74. The molecule has 3 N–H and O–H groups in total. The minimum atomic E-state index is -0.627. The number of anilines is 1. The van der Waals surface area contributed by atoms with Gasteiger partial charge in [-0.3, -0.25) is 0 Å². The maximum absolute atomic E-state index is 10.6. The third kappa shape index (κ3) is 3.09. The van der Waals surface area contributed by atoms with Crippen LogP contribution in [0.5, 0.6) is 0 Å². The van der Waals surface area contributed by atoms with E-state index in [1.54, 1.807) is 0 Å². The first kappa shape index (κ1) is 12.3. The molecule has 1 aromatic rings. The van der Waals surface area contributed by atoms with Crippen LogP contribution in [0.2, 0.25) is 10.2 Å². The molecule has 0 spiro atoms. The molecule has 82 valence electrons. The van der Waals surface area contributed by atoms with E-state index in [1.807, 2.05) is 0 Å². The first-order valence-corrected chi connectivity index (χ1v) is 7.05. The molecule has 0 aliphatic rings. The number of nitrogens with zero attached hydrogens (tertiary/aromatic N) is 1. The molecule has 0 radical (unpaired) electrons. The number of aliphatic hydroxyl groups is 1. The van der Waals surface area contributed by atoms with E-state index >= 15 is 0 Å². The van der Waals surface area contributed by atoms with Gasteiger partial charge in [0, 0.05) is 0 Å². The zero-order chi connectivity index (χ0) is 11.4. The number of nitro groups is 1. The van der Waals surface area contributed by atoms with Gasteiger partial charge in [0.05, 0.1) is 0 Å². The number of nitrogens with two attached hydrogens (primary N) is 1. The van der Waals surface area contributed by atoms with E-state index < -0.39 is 20.7 Å². The predicted molar refractivity (Wildman–Crippen MR) is 61.2 cm³/mol. The Kier molecular flexibility index (Phi) is 4.39. The number of halogens is 1. The predicted octanol–water partition coefficient (Wildman–Crippen LogP) is 0.303. The van der Waals surface area contributed by atoms with Crippen molar-refractivity contribution in [3.63, 3.8) is 0 Å². The average molecular weight is 293 g/mol. The van der Waals surface area contributed by atoms with Crippen molar-refractivity contribution >= 4 is 43.1 Å². The van der Waals surface area contributed by atoms with E-state index in [0.717, 1.165) is 4.35 Å². The summed E-state index contributed by atoms with van der Waals surface area (Å²) in [6, 6.07) is 2.81. The molecule has 0 saturated carbocycles. The van der Waals surface area contributed by atoms with Gasteiger partial charge in [0.25, 0.3) is 0 Å². The molecule has 1 unspecified atom stereocenters. The molecule has 7 heteroatoms. The number of hydrogen-bond donors (Lipinski definition) is 2. The van der Waals surface area contributed by atoms with Crippen molar-refractivity contribution in [2.24, 2.45) is 0 Å². The van der Waals surface area contributed by atoms with Crippen molar-refractivity contribution in [3.05, 3.63) is 27.3 Å². The van der Waals surface area contributed by atoms with Gasteiger partial charge < -0.3 is 0 Å². The molecule has 1 aromatic carbocycles. The van der Waals surface area contributed by atoms with Crippen LogP contribution in [0.3, 0.4) is 0 Å². The van der Waals surface area contributed by atoms with Crippen LogP contribution in [-0.4, -0.2) is 32.4 Å². The Morgan fingerprint density at radius 1 is 1.60 bits per heavy atom. The monoisotopic (exact) mass is 292 g/mol. The fraction of sp³-hybridized carbons (Fsp3) is 0.250. The maximum atomic E-state index is 10.6. The van der Waals surface area contributed by atoms with Crippen LogP contribution in [0.25, 0.3) is 0 Å². The van der Waals surface area contributed by atoms with E-state index in [2.05, 4.69) is 0 Å². The molecule has 0 fully saturated rings. The molecule has 0 bridgehead atoms. The van der Waals surface area contributed by atoms with E-state index in [1.165, 1.54) is 12.1 Å². The molecule has 0 aliphatic heterocycles. The molecule has 0 saturated heterocycles. The van der Waals surface area contributed by atoms with Crippen LogP contribution < -0.4 is 10.1 Å². The van der Waals surface area contributed by atoms with Crippen molar-refractivity contribution in [2.75, 3.05) is 12.3 Å². The molecule has 0 aliphatic carbocycles.